The third-order valence-electron chi connectivity index (χ3n) is 2.97. The molecular weight excluding hydrogens is 230 g/mol. The molecule has 3 rings (SSSR count). The van der Waals surface area contributed by atoms with Crippen molar-refractivity contribution < 1.29 is 9.59 Å². The van der Waals surface area contributed by atoms with Gasteiger partial charge in [-0.3, -0.25) is 19.2 Å². The van der Waals surface area contributed by atoms with E-state index in [0.29, 0.717) is 17.8 Å². The molecule has 2 aromatic rings. The van der Waals surface area contributed by atoms with Crippen molar-refractivity contribution in [2.45, 2.75) is 6.54 Å². The van der Waals surface area contributed by atoms with E-state index in [1.165, 1.54) is 4.90 Å². The summed E-state index contributed by atoms with van der Waals surface area (Å²) >= 11 is 0. The smallest absolute Gasteiger partial charge is 0.299 e. The second-order valence-corrected chi connectivity index (χ2v) is 4.22. The summed E-state index contributed by atoms with van der Waals surface area (Å²) in [7, 11) is 1.81. The van der Waals surface area contributed by atoms with Crippen LogP contribution in [0.25, 0.3) is 0 Å². The molecule has 0 saturated carbocycles. The molecule has 2 heterocycles. The highest BCUT2D eigenvalue weighted by Gasteiger charge is 2.35. The molecule has 1 aliphatic heterocycles. The van der Waals surface area contributed by atoms with Crippen LogP contribution >= 0.6 is 0 Å². The number of ketones is 1. The van der Waals surface area contributed by atoms with Crippen molar-refractivity contribution in [2.75, 3.05) is 4.90 Å². The van der Waals surface area contributed by atoms with Crippen LogP contribution in [0.5, 0.6) is 0 Å². The number of hydrogen-bond donors (Lipinski definition) is 0. The van der Waals surface area contributed by atoms with Crippen LogP contribution in [0.3, 0.4) is 0 Å². The molecule has 5 heteroatoms. The maximum atomic E-state index is 11.9. The fourth-order valence-electron chi connectivity index (χ4n) is 2.11. The number of aryl methyl sites for hydroxylation is 1. The third-order valence-corrected chi connectivity index (χ3v) is 2.97. The molecule has 0 bridgehead atoms. The minimum Gasteiger partial charge on any atom is -0.299 e. The minimum absolute atomic E-state index is 0.322. The van der Waals surface area contributed by atoms with Crippen LogP contribution in [0.1, 0.15) is 16.1 Å². The predicted molar refractivity (Wildman–Crippen MR) is 65.2 cm³/mol. The molecule has 0 fully saturated rings. The van der Waals surface area contributed by atoms with Crippen LogP contribution in [-0.4, -0.2) is 21.5 Å². The number of fused-ring (bicyclic) bond motifs is 1. The summed E-state index contributed by atoms with van der Waals surface area (Å²) in [5.74, 6) is -0.927. The number of hydrogen-bond acceptors (Lipinski definition) is 3. The van der Waals surface area contributed by atoms with Gasteiger partial charge in [0.1, 0.15) is 0 Å². The van der Waals surface area contributed by atoms with Crippen molar-refractivity contribution in [1.82, 2.24) is 9.78 Å². The van der Waals surface area contributed by atoms with Crippen molar-refractivity contribution in [3.8, 4) is 0 Å². The quantitative estimate of drug-likeness (QED) is 0.741. The molecule has 1 amide bonds. The average Bonchev–Trinajstić information content (AvgIpc) is 2.88. The van der Waals surface area contributed by atoms with Crippen LogP contribution in [0.2, 0.25) is 0 Å². The third kappa shape index (κ3) is 1.52. The monoisotopic (exact) mass is 241 g/mol. The first-order chi connectivity index (χ1) is 8.66. The molecule has 0 unspecified atom stereocenters. The summed E-state index contributed by atoms with van der Waals surface area (Å²) in [6.07, 6.45) is 1.81. The van der Waals surface area contributed by atoms with Crippen LogP contribution in [-0.2, 0) is 18.4 Å². The molecule has 0 saturated heterocycles. The highest BCUT2D eigenvalue weighted by atomic mass is 16.2. The van der Waals surface area contributed by atoms with Crippen molar-refractivity contribution >= 4 is 17.4 Å². The number of amides is 1. The Hall–Kier alpha value is -2.43. The number of Topliss-reactive ketones (excluding diaryl/α,β-unsaturated/α-hetero) is 1. The Morgan fingerprint density at radius 1 is 1.17 bits per heavy atom. The van der Waals surface area contributed by atoms with E-state index < -0.39 is 11.7 Å². The molecule has 1 aromatic heterocycles. The van der Waals surface area contributed by atoms with E-state index in [1.807, 2.05) is 25.4 Å². The van der Waals surface area contributed by atoms with E-state index in [9.17, 15) is 9.59 Å². The Kier molecular flexibility index (Phi) is 2.26. The van der Waals surface area contributed by atoms with Crippen LogP contribution in [0.15, 0.2) is 36.5 Å². The van der Waals surface area contributed by atoms with E-state index in [0.717, 1.165) is 5.69 Å². The number of anilines is 1. The van der Waals surface area contributed by atoms with Gasteiger partial charge in [0.15, 0.2) is 0 Å². The summed E-state index contributed by atoms with van der Waals surface area (Å²) in [4.78, 5) is 25.2. The molecule has 0 N–H and O–H groups in total. The highest BCUT2D eigenvalue weighted by molar-refractivity contribution is 6.52. The number of rotatable bonds is 2. The molecule has 0 atom stereocenters. The van der Waals surface area contributed by atoms with Gasteiger partial charge in [-0.15, -0.1) is 0 Å². The Morgan fingerprint density at radius 3 is 2.67 bits per heavy atom. The van der Waals surface area contributed by atoms with E-state index in [-0.39, 0.29) is 0 Å². The summed E-state index contributed by atoms with van der Waals surface area (Å²) in [6.45, 7) is 0.322. The minimum atomic E-state index is -0.484. The van der Waals surface area contributed by atoms with Crippen molar-refractivity contribution in [1.29, 1.82) is 0 Å². The van der Waals surface area contributed by atoms with E-state index in [1.54, 1.807) is 22.9 Å². The predicted octanol–water partition coefficient (Wildman–Crippen LogP) is 1.15. The van der Waals surface area contributed by atoms with Gasteiger partial charge in [0.05, 0.1) is 23.5 Å². The van der Waals surface area contributed by atoms with Gasteiger partial charge in [-0.1, -0.05) is 12.1 Å². The maximum absolute atomic E-state index is 11.9. The van der Waals surface area contributed by atoms with Crippen molar-refractivity contribution in [3.63, 3.8) is 0 Å². The average molecular weight is 241 g/mol. The summed E-state index contributed by atoms with van der Waals surface area (Å²) in [5.41, 5.74) is 1.90. The number of carbonyl (C=O) groups is 2. The first-order valence-electron chi connectivity index (χ1n) is 5.60. The van der Waals surface area contributed by atoms with Crippen LogP contribution in [0.4, 0.5) is 5.69 Å². The largest absolute Gasteiger partial charge is 0.299 e. The Morgan fingerprint density at radius 2 is 1.94 bits per heavy atom. The van der Waals surface area contributed by atoms with Gasteiger partial charge in [-0.05, 0) is 18.2 Å². The molecule has 5 nitrogen and oxygen atoms in total. The lowest BCUT2D eigenvalue weighted by Crippen LogP contribution is -2.29. The van der Waals surface area contributed by atoms with E-state index in [4.69, 9.17) is 0 Å². The first-order valence-corrected chi connectivity index (χ1v) is 5.60. The lowest BCUT2D eigenvalue weighted by Gasteiger charge is -2.14. The van der Waals surface area contributed by atoms with Gasteiger partial charge in [0.2, 0.25) is 0 Å². The molecule has 18 heavy (non-hydrogen) atoms. The maximum Gasteiger partial charge on any atom is 0.299 e. The summed E-state index contributed by atoms with van der Waals surface area (Å²) < 4.78 is 1.67. The standard InChI is InChI=1S/C13H11N3O2/c1-15-7-6-9(14-15)8-16-11-5-3-2-4-10(11)12(17)13(16)18/h2-7H,8H2,1H3. The second kappa shape index (κ2) is 3.80. The van der Waals surface area contributed by atoms with E-state index >= 15 is 0 Å². The fourth-order valence-corrected chi connectivity index (χ4v) is 2.11. The number of benzene rings is 1. The highest BCUT2D eigenvalue weighted by Crippen LogP contribution is 2.29. The Labute approximate surface area is 104 Å². The molecule has 1 aliphatic rings. The number of aromatic nitrogens is 2. The van der Waals surface area contributed by atoms with Gasteiger partial charge in [-0.25, -0.2) is 0 Å². The van der Waals surface area contributed by atoms with Crippen molar-refractivity contribution in [3.05, 3.63) is 47.8 Å². The van der Waals surface area contributed by atoms with Gasteiger partial charge < -0.3 is 0 Å². The van der Waals surface area contributed by atoms with Gasteiger partial charge in [0.25, 0.3) is 11.7 Å². The lowest BCUT2D eigenvalue weighted by atomic mass is 10.1. The zero-order valence-corrected chi connectivity index (χ0v) is 9.83. The summed E-state index contributed by atoms with van der Waals surface area (Å²) in [5, 5.41) is 4.22. The zero-order valence-electron chi connectivity index (χ0n) is 9.83. The van der Waals surface area contributed by atoms with Gasteiger partial charge in [-0.2, -0.15) is 5.10 Å². The van der Waals surface area contributed by atoms with Gasteiger partial charge in [0, 0.05) is 13.2 Å². The number of para-hydroxylation sites is 1. The summed E-state index contributed by atoms with van der Waals surface area (Å²) in [6, 6.07) is 8.86. The molecule has 1 aromatic carbocycles. The topological polar surface area (TPSA) is 55.2 Å². The van der Waals surface area contributed by atoms with Crippen LogP contribution in [0, 0.1) is 0 Å². The van der Waals surface area contributed by atoms with Crippen molar-refractivity contribution in [2.24, 2.45) is 7.05 Å². The number of nitrogens with zero attached hydrogens (tertiary/aromatic N) is 3. The van der Waals surface area contributed by atoms with Gasteiger partial charge >= 0.3 is 0 Å². The molecular formula is C13H11N3O2. The molecule has 0 spiro atoms. The Balaban J connectivity index is 1.98. The fraction of sp³-hybridized carbons (Fsp3) is 0.154. The van der Waals surface area contributed by atoms with E-state index in [2.05, 4.69) is 5.10 Å². The lowest BCUT2D eigenvalue weighted by molar-refractivity contribution is -0.114. The first kappa shape index (κ1) is 10.7. The normalized spacial score (nSPS) is 14.2. The zero-order chi connectivity index (χ0) is 12.7. The molecule has 90 valence electrons. The SMILES string of the molecule is Cn1ccc(CN2C(=O)C(=O)c3ccccc32)n1. The molecule has 0 aliphatic carbocycles. The number of carbonyl (C=O) groups excluding carboxylic acids is 2. The second-order valence-electron chi connectivity index (χ2n) is 4.22. The Bertz CT molecular complexity index is 645. The van der Waals surface area contributed by atoms with Crippen LogP contribution < -0.4 is 4.90 Å². The molecule has 0 radical (unpaired) electrons.